The van der Waals surface area contributed by atoms with Crippen LogP contribution < -0.4 is 5.32 Å². The van der Waals surface area contributed by atoms with Crippen molar-refractivity contribution in [2.24, 2.45) is 0 Å². The van der Waals surface area contributed by atoms with Gasteiger partial charge in [0, 0.05) is 47.3 Å². The molecule has 1 N–H and O–H groups in total. The Morgan fingerprint density at radius 2 is 2.00 bits per heavy atom. The number of nitrogens with one attached hydrogen (secondary N) is 1. The molecule has 0 aliphatic carbocycles. The fourth-order valence-corrected chi connectivity index (χ4v) is 3.82. The highest BCUT2D eigenvalue weighted by Crippen LogP contribution is 2.32. The van der Waals surface area contributed by atoms with Crippen LogP contribution >= 0.6 is 10.7 Å². The average molecular weight is 315 g/mol. The van der Waals surface area contributed by atoms with Crippen molar-refractivity contribution in [3.05, 3.63) is 30.0 Å². The average Bonchev–Trinajstić information content (AvgIpc) is 2.67. The van der Waals surface area contributed by atoms with Crippen LogP contribution in [0.2, 0.25) is 0 Å². The van der Waals surface area contributed by atoms with Crippen LogP contribution in [0.1, 0.15) is 12.1 Å². The molecule has 5 nitrogen and oxygen atoms in total. The second-order valence-electron chi connectivity index (χ2n) is 4.44. The molecule has 108 valence electrons. The van der Waals surface area contributed by atoms with Gasteiger partial charge in [0.25, 0.3) is 9.05 Å². The lowest BCUT2D eigenvalue weighted by Gasteiger charge is -2.07. The fourth-order valence-electron chi connectivity index (χ4n) is 2.33. The summed E-state index contributed by atoms with van der Waals surface area (Å²) in [6.45, 7) is 2.09. The summed E-state index contributed by atoms with van der Waals surface area (Å²) >= 11 is 0. The largest absolute Gasteiger partial charge is 0.359 e. The van der Waals surface area contributed by atoms with E-state index in [1.165, 1.54) is 0 Å². The number of aryl methyl sites for hydroxylation is 1. The molecule has 1 aromatic carbocycles. The summed E-state index contributed by atoms with van der Waals surface area (Å²) < 4.78 is 25.3. The van der Waals surface area contributed by atoms with Crippen molar-refractivity contribution in [1.29, 1.82) is 0 Å². The Labute approximate surface area is 122 Å². The second kappa shape index (κ2) is 5.46. The van der Waals surface area contributed by atoms with Crippen LogP contribution in [0, 0.1) is 6.92 Å². The molecular formula is C13H15ClN2O3S. The number of amides is 1. The number of hydrogen-bond donors (Lipinski definition) is 1. The Morgan fingerprint density at radius 3 is 2.60 bits per heavy atom. The highest BCUT2D eigenvalue weighted by Gasteiger charge is 2.23. The first-order chi connectivity index (χ1) is 9.36. The number of benzene rings is 1. The molecule has 0 bridgehead atoms. The van der Waals surface area contributed by atoms with E-state index < -0.39 is 9.05 Å². The zero-order valence-corrected chi connectivity index (χ0v) is 12.8. The molecule has 0 fully saturated rings. The highest BCUT2D eigenvalue weighted by atomic mass is 35.7. The SMILES string of the molecule is CNC(=O)CCn1c(C)c(S(=O)(=O)Cl)c2ccccc21. The molecule has 1 heterocycles. The van der Waals surface area contributed by atoms with Crippen molar-refractivity contribution in [3.63, 3.8) is 0 Å². The van der Waals surface area contributed by atoms with Gasteiger partial charge in [-0.1, -0.05) is 18.2 Å². The van der Waals surface area contributed by atoms with Gasteiger partial charge >= 0.3 is 0 Å². The molecule has 0 saturated carbocycles. The number of rotatable bonds is 4. The van der Waals surface area contributed by atoms with Gasteiger partial charge in [0.15, 0.2) is 0 Å². The van der Waals surface area contributed by atoms with Gasteiger partial charge in [-0.2, -0.15) is 0 Å². The Morgan fingerprint density at radius 1 is 1.35 bits per heavy atom. The molecule has 2 rings (SSSR count). The number of carbonyl (C=O) groups is 1. The van der Waals surface area contributed by atoms with Crippen LogP contribution in [-0.2, 0) is 20.4 Å². The zero-order valence-electron chi connectivity index (χ0n) is 11.2. The molecule has 1 aromatic heterocycles. The summed E-state index contributed by atoms with van der Waals surface area (Å²) in [5.41, 5.74) is 1.30. The summed E-state index contributed by atoms with van der Waals surface area (Å²) in [7, 11) is 3.26. The Bertz CT molecular complexity index is 765. The Hall–Kier alpha value is -1.53. The first-order valence-electron chi connectivity index (χ1n) is 6.09. The molecule has 0 aliphatic heterocycles. The van der Waals surface area contributed by atoms with Crippen molar-refractivity contribution in [1.82, 2.24) is 9.88 Å². The summed E-state index contributed by atoms with van der Waals surface area (Å²) in [4.78, 5) is 11.5. The summed E-state index contributed by atoms with van der Waals surface area (Å²) in [5, 5.41) is 3.12. The van der Waals surface area contributed by atoms with Gasteiger partial charge < -0.3 is 9.88 Å². The fraction of sp³-hybridized carbons (Fsp3) is 0.308. The van der Waals surface area contributed by atoms with E-state index in [1.54, 1.807) is 30.7 Å². The van der Waals surface area contributed by atoms with Gasteiger partial charge in [0.1, 0.15) is 4.90 Å². The van der Waals surface area contributed by atoms with Crippen molar-refractivity contribution in [2.45, 2.75) is 24.8 Å². The number of fused-ring (bicyclic) bond motifs is 1. The van der Waals surface area contributed by atoms with Gasteiger partial charge in [-0.25, -0.2) is 8.42 Å². The van der Waals surface area contributed by atoms with Crippen LogP contribution in [0.4, 0.5) is 0 Å². The number of nitrogens with zero attached hydrogens (tertiary/aromatic N) is 1. The van der Waals surface area contributed by atoms with Gasteiger partial charge in [-0.05, 0) is 13.0 Å². The van der Waals surface area contributed by atoms with Crippen LogP contribution in [0.5, 0.6) is 0 Å². The first kappa shape index (κ1) is 14.9. The molecule has 0 spiro atoms. The molecule has 2 aromatic rings. The third-order valence-electron chi connectivity index (χ3n) is 3.26. The standard InChI is InChI=1S/C13H15ClN2O3S/c1-9-13(20(14,18)19)10-5-3-4-6-11(10)16(9)8-7-12(17)15-2/h3-6H,7-8H2,1-2H3,(H,15,17). The van der Waals surface area contributed by atoms with Crippen LogP contribution in [-0.4, -0.2) is 25.9 Å². The van der Waals surface area contributed by atoms with E-state index in [0.717, 1.165) is 5.52 Å². The number of halogens is 1. The number of carbonyl (C=O) groups excluding carboxylic acids is 1. The summed E-state index contributed by atoms with van der Waals surface area (Å²) in [6, 6.07) is 7.12. The van der Waals surface area contributed by atoms with E-state index in [0.29, 0.717) is 17.6 Å². The smallest absolute Gasteiger partial charge is 0.263 e. The lowest BCUT2D eigenvalue weighted by atomic mass is 10.2. The maximum absolute atomic E-state index is 11.7. The third-order valence-corrected chi connectivity index (χ3v) is 4.72. The third kappa shape index (κ3) is 2.66. The highest BCUT2D eigenvalue weighted by molar-refractivity contribution is 8.14. The summed E-state index contributed by atoms with van der Waals surface area (Å²) in [6.07, 6.45) is 0.276. The molecule has 0 aliphatic rings. The first-order valence-corrected chi connectivity index (χ1v) is 8.40. The van der Waals surface area contributed by atoms with E-state index in [2.05, 4.69) is 5.32 Å². The number of hydrogen-bond acceptors (Lipinski definition) is 3. The Balaban J connectivity index is 2.61. The van der Waals surface area contributed by atoms with Crippen LogP contribution in [0.3, 0.4) is 0 Å². The van der Waals surface area contributed by atoms with E-state index >= 15 is 0 Å². The molecule has 20 heavy (non-hydrogen) atoms. The number of aromatic nitrogens is 1. The predicted molar refractivity (Wildman–Crippen MR) is 78.4 cm³/mol. The maximum atomic E-state index is 11.7. The minimum atomic E-state index is -3.83. The second-order valence-corrected chi connectivity index (χ2v) is 6.95. The Kier molecular flexibility index (Phi) is 4.06. The van der Waals surface area contributed by atoms with E-state index in [1.807, 2.05) is 12.1 Å². The molecule has 0 radical (unpaired) electrons. The maximum Gasteiger partial charge on any atom is 0.263 e. The van der Waals surface area contributed by atoms with Gasteiger partial charge in [0.05, 0.1) is 0 Å². The van der Waals surface area contributed by atoms with E-state index in [4.69, 9.17) is 10.7 Å². The zero-order chi connectivity index (χ0) is 14.9. The van der Waals surface area contributed by atoms with Gasteiger partial charge in [0.2, 0.25) is 5.91 Å². The van der Waals surface area contributed by atoms with Crippen molar-refractivity contribution < 1.29 is 13.2 Å². The molecule has 0 saturated heterocycles. The van der Waals surface area contributed by atoms with E-state index in [9.17, 15) is 13.2 Å². The van der Waals surface area contributed by atoms with Crippen LogP contribution in [0.15, 0.2) is 29.2 Å². The minimum Gasteiger partial charge on any atom is -0.359 e. The summed E-state index contributed by atoms with van der Waals surface area (Å²) in [5.74, 6) is -0.0996. The van der Waals surface area contributed by atoms with Crippen LogP contribution in [0.25, 0.3) is 10.9 Å². The van der Waals surface area contributed by atoms with Gasteiger partial charge in [-0.3, -0.25) is 4.79 Å². The lowest BCUT2D eigenvalue weighted by Crippen LogP contribution is -2.19. The van der Waals surface area contributed by atoms with Crippen molar-refractivity contribution in [2.75, 3.05) is 7.05 Å². The number of para-hydroxylation sites is 1. The molecule has 0 unspecified atom stereocenters. The minimum absolute atomic E-state index is 0.0996. The normalized spacial score (nSPS) is 11.8. The topological polar surface area (TPSA) is 68.2 Å². The quantitative estimate of drug-likeness (QED) is 0.878. The molecular weight excluding hydrogens is 300 g/mol. The monoisotopic (exact) mass is 314 g/mol. The lowest BCUT2D eigenvalue weighted by molar-refractivity contribution is -0.120. The molecule has 7 heteroatoms. The predicted octanol–water partition coefficient (Wildman–Crippen LogP) is 2.01. The van der Waals surface area contributed by atoms with Crippen molar-refractivity contribution >= 4 is 36.5 Å². The molecule has 0 atom stereocenters. The van der Waals surface area contributed by atoms with Crippen molar-refractivity contribution in [3.8, 4) is 0 Å². The van der Waals surface area contributed by atoms with Gasteiger partial charge in [-0.15, -0.1) is 0 Å². The van der Waals surface area contributed by atoms with E-state index in [-0.39, 0.29) is 17.2 Å². The molecule has 1 amide bonds.